The Morgan fingerprint density at radius 2 is 1.58 bits per heavy atom. The van der Waals surface area contributed by atoms with E-state index in [1.807, 2.05) is 31.2 Å². The first kappa shape index (κ1) is 18.2. The molecule has 5 nitrogen and oxygen atoms in total. The summed E-state index contributed by atoms with van der Waals surface area (Å²) in [7, 11) is -3.64. The molecule has 0 bridgehead atoms. The molecule has 0 saturated carbocycles. The van der Waals surface area contributed by atoms with E-state index in [2.05, 4.69) is 15.0 Å². The van der Waals surface area contributed by atoms with Gasteiger partial charge in [0.25, 0.3) is 10.0 Å². The summed E-state index contributed by atoms with van der Waals surface area (Å²) in [6, 6.07) is 17.4. The number of sulfonamides is 1. The van der Waals surface area contributed by atoms with Gasteiger partial charge < -0.3 is 5.32 Å². The lowest BCUT2D eigenvalue weighted by atomic mass is 10.2. The van der Waals surface area contributed by atoms with Gasteiger partial charge in [0.05, 0.1) is 16.8 Å². The summed E-state index contributed by atoms with van der Waals surface area (Å²) < 4.78 is 27.4. The maximum absolute atomic E-state index is 12.4. The molecule has 0 spiro atoms. The van der Waals surface area contributed by atoms with E-state index >= 15 is 0 Å². The summed E-state index contributed by atoms with van der Waals surface area (Å²) >= 11 is 5.86. The predicted octanol–water partition coefficient (Wildman–Crippen LogP) is 4.84. The number of rotatable bonds is 6. The van der Waals surface area contributed by atoms with Crippen LogP contribution in [0.15, 0.2) is 71.8 Å². The molecule has 2 N–H and O–H groups in total. The summed E-state index contributed by atoms with van der Waals surface area (Å²) in [5.41, 5.74) is 2.32. The van der Waals surface area contributed by atoms with Crippen molar-refractivity contribution in [3.8, 4) is 0 Å². The van der Waals surface area contributed by atoms with Crippen molar-refractivity contribution in [3.05, 3.63) is 77.4 Å². The van der Waals surface area contributed by atoms with E-state index < -0.39 is 10.0 Å². The Morgan fingerprint density at radius 3 is 2.15 bits per heavy atom. The quantitative estimate of drug-likeness (QED) is 0.634. The number of nitrogens with zero attached hydrogens (tertiary/aromatic N) is 1. The molecule has 0 aliphatic rings. The second kappa shape index (κ2) is 7.76. The van der Waals surface area contributed by atoms with Crippen molar-refractivity contribution in [1.82, 2.24) is 4.98 Å². The maximum atomic E-state index is 12.4. The highest BCUT2D eigenvalue weighted by Crippen LogP contribution is 2.20. The molecule has 0 aliphatic carbocycles. The van der Waals surface area contributed by atoms with Gasteiger partial charge in [0, 0.05) is 10.7 Å². The highest BCUT2D eigenvalue weighted by molar-refractivity contribution is 7.92. The third-order valence-corrected chi connectivity index (χ3v) is 5.42. The van der Waals surface area contributed by atoms with Gasteiger partial charge in [-0.2, -0.15) is 0 Å². The average Bonchev–Trinajstić information content (AvgIpc) is 2.65. The van der Waals surface area contributed by atoms with E-state index in [-0.39, 0.29) is 4.90 Å². The van der Waals surface area contributed by atoms with E-state index in [1.54, 1.807) is 36.4 Å². The minimum atomic E-state index is -3.64. The van der Waals surface area contributed by atoms with Crippen molar-refractivity contribution in [1.29, 1.82) is 0 Å². The molecule has 0 amide bonds. The van der Waals surface area contributed by atoms with Crippen LogP contribution in [0.2, 0.25) is 5.02 Å². The van der Waals surface area contributed by atoms with E-state index in [0.717, 1.165) is 17.7 Å². The van der Waals surface area contributed by atoms with Crippen LogP contribution in [0.25, 0.3) is 0 Å². The fourth-order valence-corrected chi connectivity index (χ4v) is 3.50. The van der Waals surface area contributed by atoms with Crippen LogP contribution in [0.3, 0.4) is 0 Å². The lowest BCUT2D eigenvalue weighted by molar-refractivity contribution is 0.601. The zero-order valence-electron chi connectivity index (χ0n) is 14.1. The van der Waals surface area contributed by atoms with Gasteiger partial charge in [-0.15, -0.1) is 0 Å². The molecule has 26 heavy (non-hydrogen) atoms. The normalized spacial score (nSPS) is 11.2. The molecular weight excluding hydrogens is 370 g/mol. The average molecular weight is 388 g/mol. The Hall–Kier alpha value is -2.57. The lowest BCUT2D eigenvalue weighted by Gasteiger charge is -2.10. The number of pyridine rings is 1. The fraction of sp³-hybridized carbons (Fsp3) is 0.105. The van der Waals surface area contributed by atoms with Gasteiger partial charge in [-0.05, 0) is 60.5 Å². The number of nitrogens with one attached hydrogen (secondary N) is 2. The monoisotopic (exact) mass is 387 g/mol. The molecule has 1 aromatic heterocycles. The fourth-order valence-electron chi connectivity index (χ4n) is 2.33. The first-order valence-corrected chi connectivity index (χ1v) is 9.93. The first-order chi connectivity index (χ1) is 12.5. The molecule has 0 radical (unpaired) electrons. The molecule has 0 aliphatic heterocycles. The topological polar surface area (TPSA) is 71.1 Å². The Balaban J connectivity index is 1.70. The van der Waals surface area contributed by atoms with Gasteiger partial charge in [-0.1, -0.05) is 30.7 Å². The number of aromatic nitrogens is 1. The third kappa shape index (κ3) is 4.53. The van der Waals surface area contributed by atoms with E-state index in [1.165, 1.54) is 6.20 Å². The summed E-state index contributed by atoms with van der Waals surface area (Å²) in [6.45, 7) is 2.02. The van der Waals surface area contributed by atoms with Crippen molar-refractivity contribution < 1.29 is 8.42 Å². The van der Waals surface area contributed by atoms with Crippen LogP contribution in [0.5, 0.6) is 0 Å². The van der Waals surface area contributed by atoms with Crippen molar-refractivity contribution in [2.45, 2.75) is 18.2 Å². The molecule has 2 aromatic carbocycles. The second-order valence-electron chi connectivity index (χ2n) is 5.67. The summed E-state index contributed by atoms with van der Waals surface area (Å²) in [5, 5.41) is 3.77. The number of aryl methyl sites for hydroxylation is 1. The van der Waals surface area contributed by atoms with E-state index in [0.29, 0.717) is 16.5 Å². The Bertz CT molecular complexity index is 971. The molecular formula is C19H18ClN3O2S. The van der Waals surface area contributed by atoms with Crippen LogP contribution in [-0.2, 0) is 16.4 Å². The number of hydrogen-bond donors (Lipinski definition) is 2. The summed E-state index contributed by atoms with van der Waals surface area (Å²) in [5.74, 6) is 0.600. The lowest BCUT2D eigenvalue weighted by Crippen LogP contribution is -2.13. The standard InChI is InChI=1S/C19H18ClN3O2S/c1-2-14-3-10-18(11-4-14)26(24,25)23-17-9-12-19(21-13-17)22-16-7-5-15(20)6-8-16/h3-13,23H,2H2,1H3,(H,21,22). The smallest absolute Gasteiger partial charge is 0.261 e. The number of benzene rings is 2. The number of hydrogen-bond acceptors (Lipinski definition) is 4. The SMILES string of the molecule is CCc1ccc(S(=O)(=O)Nc2ccc(Nc3ccc(Cl)cc3)nc2)cc1. The van der Waals surface area contributed by atoms with E-state index in [4.69, 9.17) is 11.6 Å². The van der Waals surface area contributed by atoms with Gasteiger partial charge in [0.2, 0.25) is 0 Å². The number of anilines is 3. The van der Waals surface area contributed by atoms with Crippen molar-refractivity contribution in [2.75, 3.05) is 10.0 Å². The molecule has 1 heterocycles. The molecule has 7 heteroatoms. The maximum Gasteiger partial charge on any atom is 0.261 e. The zero-order valence-corrected chi connectivity index (χ0v) is 15.7. The third-order valence-electron chi connectivity index (χ3n) is 3.77. The van der Waals surface area contributed by atoms with Crippen molar-refractivity contribution >= 4 is 38.8 Å². The van der Waals surface area contributed by atoms with Crippen LogP contribution in [0.4, 0.5) is 17.2 Å². The first-order valence-electron chi connectivity index (χ1n) is 8.07. The molecule has 3 aromatic rings. The summed E-state index contributed by atoms with van der Waals surface area (Å²) in [4.78, 5) is 4.45. The molecule has 134 valence electrons. The zero-order chi connectivity index (χ0) is 18.6. The summed E-state index contributed by atoms with van der Waals surface area (Å²) in [6.07, 6.45) is 2.33. The van der Waals surface area contributed by atoms with Crippen molar-refractivity contribution in [3.63, 3.8) is 0 Å². The minimum Gasteiger partial charge on any atom is -0.340 e. The van der Waals surface area contributed by atoms with E-state index in [9.17, 15) is 8.42 Å². The van der Waals surface area contributed by atoms with Gasteiger partial charge in [-0.25, -0.2) is 13.4 Å². The second-order valence-corrected chi connectivity index (χ2v) is 7.79. The molecule has 0 saturated heterocycles. The minimum absolute atomic E-state index is 0.220. The predicted molar refractivity (Wildman–Crippen MR) is 106 cm³/mol. The van der Waals surface area contributed by atoms with Crippen LogP contribution >= 0.6 is 11.6 Å². The van der Waals surface area contributed by atoms with Gasteiger partial charge >= 0.3 is 0 Å². The Kier molecular flexibility index (Phi) is 5.44. The van der Waals surface area contributed by atoms with Crippen molar-refractivity contribution in [2.24, 2.45) is 0 Å². The largest absolute Gasteiger partial charge is 0.340 e. The highest BCUT2D eigenvalue weighted by atomic mass is 35.5. The Morgan fingerprint density at radius 1 is 0.923 bits per heavy atom. The van der Waals surface area contributed by atoms with Gasteiger partial charge in [0.1, 0.15) is 5.82 Å². The van der Waals surface area contributed by atoms with Crippen LogP contribution in [-0.4, -0.2) is 13.4 Å². The van der Waals surface area contributed by atoms with Gasteiger partial charge in [-0.3, -0.25) is 4.72 Å². The Labute approximate surface area is 158 Å². The molecule has 3 rings (SSSR count). The molecule has 0 unspecified atom stereocenters. The number of halogens is 1. The molecule has 0 fully saturated rings. The molecule has 0 atom stereocenters. The van der Waals surface area contributed by atoms with Crippen LogP contribution in [0, 0.1) is 0 Å². The highest BCUT2D eigenvalue weighted by Gasteiger charge is 2.14. The van der Waals surface area contributed by atoms with Crippen LogP contribution < -0.4 is 10.0 Å². The van der Waals surface area contributed by atoms with Crippen LogP contribution in [0.1, 0.15) is 12.5 Å². The van der Waals surface area contributed by atoms with Gasteiger partial charge in [0.15, 0.2) is 0 Å².